The number of fused-ring (bicyclic) bond motifs is 2. The first-order chi connectivity index (χ1) is 12.9. The fourth-order valence-corrected chi connectivity index (χ4v) is 55.7. The number of hydrogen-bond donors (Lipinski definition) is 0. The number of benzene rings is 2. The van der Waals surface area contributed by atoms with Gasteiger partial charge in [0.25, 0.3) is 0 Å². The van der Waals surface area contributed by atoms with Crippen LogP contribution in [0.3, 0.4) is 0 Å². The van der Waals surface area contributed by atoms with Crippen molar-refractivity contribution in [3.63, 3.8) is 0 Å². The van der Waals surface area contributed by atoms with Crippen molar-refractivity contribution in [3.8, 4) is 0 Å². The van der Waals surface area contributed by atoms with Crippen molar-refractivity contribution in [1.82, 2.24) is 0 Å². The molecule has 163 valence electrons. The van der Waals surface area contributed by atoms with Crippen LogP contribution in [-0.4, -0.2) is 0 Å². The molecule has 2 aromatic carbocycles. The van der Waals surface area contributed by atoms with Gasteiger partial charge in [0.15, 0.2) is 0 Å². The van der Waals surface area contributed by atoms with Crippen LogP contribution in [0.25, 0.3) is 16.8 Å². The number of allylic oxidation sites excluding steroid dienone is 5. The third-order valence-corrected chi connectivity index (χ3v) is 55.4. The summed E-state index contributed by atoms with van der Waals surface area (Å²) in [7, 11) is 0. The van der Waals surface area contributed by atoms with E-state index in [-0.39, 0.29) is 8.59 Å². The Hall–Kier alpha value is -1.21. The zero-order valence-electron chi connectivity index (χ0n) is 21.0. The first-order valence-electron chi connectivity index (χ1n) is 11.8. The Morgan fingerprint density at radius 2 is 1.27 bits per heavy atom. The average molecular weight is 570 g/mol. The molecule has 0 aromatic heterocycles. The van der Waals surface area contributed by atoms with Gasteiger partial charge < -0.3 is 0 Å². The van der Waals surface area contributed by atoms with E-state index in [0.29, 0.717) is 3.67 Å². The zero-order chi connectivity index (χ0) is 22.7. The van der Waals surface area contributed by atoms with Gasteiger partial charge in [0.05, 0.1) is 0 Å². The van der Waals surface area contributed by atoms with E-state index in [2.05, 4.69) is 126 Å². The molecule has 30 heavy (non-hydrogen) atoms. The molecule has 0 saturated carbocycles. The normalized spacial score (nSPS) is 28.8. The molecule has 2 aromatic rings. The Morgan fingerprint density at radius 3 is 1.77 bits per heavy atom. The van der Waals surface area contributed by atoms with Gasteiger partial charge in [-0.1, -0.05) is 0 Å². The maximum absolute atomic E-state index is 5.76. The molecule has 0 saturated heterocycles. The molecule has 1 heteroatoms. The standard InChI is InChI=1S/C17H17.C5H5.7CH3.Hf/c1-17(2,3)16-9-8-14-10-12-6-4-5-7-13(12)11-15(14)16;1-2-4-5-3-1;;;;;;;;/h4-11H,1-3H3;1-5H;7*1H3;. The summed E-state index contributed by atoms with van der Waals surface area (Å²) in [4.78, 5) is 0. The molecule has 0 aliphatic heterocycles. The Bertz CT molecular complexity index is 1260. The van der Waals surface area contributed by atoms with E-state index in [1.165, 1.54) is 21.9 Å². The molecule has 0 heterocycles. The van der Waals surface area contributed by atoms with Gasteiger partial charge in [-0.2, -0.15) is 0 Å². The summed E-state index contributed by atoms with van der Waals surface area (Å²) in [6, 6.07) is 13.7. The predicted molar refractivity (Wildman–Crippen MR) is 137 cm³/mol. The Balaban J connectivity index is 2.35. The van der Waals surface area contributed by atoms with Crippen LogP contribution < -0.4 is 0 Å². The molecule has 0 nitrogen and oxygen atoms in total. The SMILES string of the molecule is CC(C)(C)[C]1([Hf]([CH3])([CH3])([CH3])([CH3])([CH3])([CH3])([CH3])[CH]2C=CC=C2)C=Cc2cc3ccccc3cc21. The predicted octanol–water partition coefficient (Wildman–Crippen LogP) is 10.2. The van der Waals surface area contributed by atoms with Crippen molar-refractivity contribution >= 4 is 16.8 Å². The Kier molecular flexibility index (Phi) is 2.69. The molecule has 4 rings (SSSR count). The summed E-state index contributed by atoms with van der Waals surface area (Å²) in [5, 5.41) is 2.66. The fourth-order valence-electron chi connectivity index (χ4n) is 9.33. The van der Waals surface area contributed by atoms with Crippen molar-refractivity contribution in [2.75, 3.05) is 0 Å². The summed E-state index contributed by atoms with van der Waals surface area (Å²) in [5.41, 5.74) is 2.89. The van der Waals surface area contributed by atoms with Crippen LogP contribution in [0.5, 0.6) is 0 Å². The van der Waals surface area contributed by atoms with Gasteiger partial charge in [-0.05, 0) is 0 Å². The Labute approximate surface area is 172 Å². The average Bonchev–Trinajstić information content (AvgIpc) is 3.19. The third-order valence-electron chi connectivity index (χ3n) is 10.3. The first kappa shape index (κ1) is 22.0. The summed E-state index contributed by atoms with van der Waals surface area (Å²) < 4.78 is 19.2. The van der Waals surface area contributed by atoms with Gasteiger partial charge in [-0.3, -0.25) is 0 Å². The van der Waals surface area contributed by atoms with Crippen molar-refractivity contribution in [2.24, 2.45) is 5.41 Å². The van der Waals surface area contributed by atoms with Crippen LogP contribution in [0, 0.1) is 5.41 Å². The van der Waals surface area contributed by atoms with Crippen LogP contribution in [0.1, 0.15) is 31.9 Å². The van der Waals surface area contributed by atoms with Crippen molar-refractivity contribution in [1.29, 1.82) is 0 Å². The molecular formula is C29H43Hf. The van der Waals surface area contributed by atoms with E-state index < -0.39 is 12.6 Å². The molecule has 0 N–H and O–H groups in total. The van der Waals surface area contributed by atoms with E-state index in [1.54, 1.807) is 0 Å². The molecule has 2 aliphatic rings. The molecular weight excluding hydrogens is 527 g/mol. The maximum atomic E-state index is 2.71. The van der Waals surface area contributed by atoms with Gasteiger partial charge in [0.1, 0.15) is 0 Å². The third kappa shape index (κ3) is 2.21. The number of rotatable bonds is 2. The summed E-state index contributed by atoms with van der Waals surface area (Å²) in [6.45, 7) is 7.39. The van der Waals surface area contributed by atoms with Gasteiger partial charge in [-0.25, -0.2) is 0 Å². The van der Waals surface area contributed by atoms with E-state index in [0.717, 1.165) is 0 Å². The van der Waals surface area contributed by atoms with Crippen LogP contribution >= 0.6 is 0 Å². The molecule has 0 amide bonds. The topological polar surface area (TPSA) is 0 Å². The summed E-state index contributed by atoms with van der Waals surface area (Å²) in [5.74, 6) is 0. The molecule has 1 atom stereocenters. The van der Waals surface area contributed by atoms with Crippen LogP contribution in [0.4, 0.5) is 0 Å². The van der Waals surface area contributed by atoms with Crippen molar-refractivity contribution < 1.29 is 12.6 Å². The zero-order valence-corrected chi connectivity index (χ0v) is 24.6. The quantitative estimate of drug-likeness (QED) is 0.316. The van der Waals surface area contributed by atoms with Crippen molar-refractivity contribution in [2.45, 2.75) is 60.4 Å². The molecule has 0 spiro atoms. The molecule has 0 fully saturated rings. The van der Waals surface area contributed by atoms with E-state index >= 15 is 0 Å². The summed E-state index contributed by atoms with van der Waals surface area (Å²) >= 11 is -5.76. The van der Waals surface area contributed by atoms with Crippen LogP contribution in [-0.2, 0) is 15.8 Å². The van der Waals surface area contributed by atoms with Crippen molar-refractivity contribution in [3.05, 3.63) is 77.9 Å². The second-order valence-electron chi connectivity index (χ2n) is 21.9. The fraction of sp³-hybridized carbons (Fsp3) is 0.448. The minimum atomic E-state index is -5.76. The minimum absolute atomic E-state index is 0.00273. The second kappa shape index (κ2) is 3.66. The molecule has 2 aliphatic carbocycles. The molecule has 0 bridgehead atoms. The number of hydrogen-bond acceptors (Lipinski definition) is 0. The van der Waals surface area contributed by atoms with Crippen LogP contribution in [0.15, 0.2) is 66.8 Å². The van der Waals surface area contributed by atoms with Crippen LogP contribution in [0.2, 0.25) is 36.4 Å². The van der Waals surface area contributed by atoms with Gasteiger partial charge in [-0.15, -0.1) is 0 Å². The first-order valence-corrected chi connectivity index (χ1v) is 40.9. The van der Waals surface area contributed by atoms with E-state index in [9.17, 15) is 0 Å². The monoisotopic (exact) mass is 571 g/mol. The van der Waals surface area contributed by atoms with E-state index in [1.807, 2.05) is 0 Å². The molecule has 1 unspecified atom stereocenters. The second-order valence-corrected chi connectivity index (χ2v) is 131. The van der Waals surface area contributed by atoms with Gasteiger partial charge in [0.2, 0.25) is 0 Å². The van der Waals surface area contributed by atoms with Gasteiger partial charge in [0, 0.05) is 0 Å². The van der Waals surface area contributed by atoms with E-state index in [4.69, 9.17) is 0 Å². The van der Waals surface area contributed by atoms with Gasteiger partial charge >= 0.3 is 173 Å². The molecule has 0 radical (unpaired) electrons. The summed E-state index contributed by atoms with van der Waals surface area (Å²) in [6.07, 6.45) is 14.5. The Morgan fingerprint density at radius 1 is 0.767 bits per heavy atom.